The molecule has 0 unspecified atom stereocenters. The van der Waals surface area contributed by atoms with E-state index in [0.29, 0.717) is 13.2 Å². The first-order valence-electron chi connectivity index (χ1n) is 6.65. The van der Waals surface area contributed by atoms with Crippen LogP contribution in [-0.2, 0) is 9.31 Å². The van der Waals surface area contributed by atoms with Crippen molar-refractivity contribution in [2.24, 2.45) is 0 Å². The molecule has 0 N–H and O–H groups in total. The van der Waals surface area contributed by atoms with Crippen molar-refractivity contribution >= 4 is 12.6 Å². The summed E-state index contributed by atoms with van der Waals surface area (Å²) in [5.41, 5.74) is 0.196. The molecule has 2 heterocycles. The summed E-state index contributed by atoms with van der Waals surface area (Å²) in [4.78, 5) is 0. The molecule has 0 spiro atoms. The molecule has 1 saturated heterocycles. The molecule has 3 rings (SSSR count). The van der Waals surface area contributed by atoms with E-state index < -0.39 is 7.12 Å². The first kappa shape index (κ1) is 12.8. The van der Waals surface area contributed by atoms with Crippen molar-refractivity contribution in [3.63, 3.8) is 0 Å². The summed E-state index contributed by atoms with van der Waals surface area (Å²) in [6, 6.07) is 5.81. The van der Waals surface area contributed by atoms with Gasteiger partial charge in [-0.25, -0.2) is 0 Å². The zero-order valence-corrected chi connectivity index (χ0v) is 11.9. The molecule has 0 amide bonds. The molecule has 1 aromatic rings. The zero-order chi connectivity index (χ0) is 13.7. The molecule has 0 atom stereocenters. The molecule has 0 aliphatic carbocycles. The second-order valence-electron chi connectivity index (χ2n) is 5.96. The van der Waals surface area contributed by atoms with Gasteiger partial charge in [0.15, 0.2) is 11.5 Å². The molecular weight excluding hydrogens is 243 g/mol. The number of rotatable bonds is 1. The normalized spacial score (nSPS) is 23.5. The SMILES string of the molecule is CC1(C)OB(c2cccc3c2OCCO3)OC1(C)C. The summed E-state index contributed by atoms with van der Waals surface area (Å²) in [5, 5.41) is 0. The molecule has 0 radical (unpaired) electrons. The Morgan fingerprint density at radius 1 is 0.947 bits per heavy atom. The number of para-hydroxylation sites is 1. The van der Waals surface area contributed by atoms with Crippen LogP contribution in [0.3, 0.4) is 0 Å². The van der Waals surface area contributed by atoms with Crippen molar-refractivity contribution in [2.45, 2.75) is 38.9 Å². The zero-order valence-electron chi connectivity index (χ0n) is 11.9. The summed E-state index contributed by atoms with van der Waals surface area (Å²) >= 11 is 0. The summed E-state index contributed by atoms with van der Waals surface area (Å²) in [7, 11) is -0.415. The van der Waals surface area contributed by atoms with Crippen LogP contribution in [0, 0.1) is 0 Å². The highest BCUT2D eigenvalue weighted by molar-refractivity contribution is 6.63. The molecule has 2 aliphatic rings. The Balaban J connectivity index is 1.96. The highest BCUT2D eigenvalue weighted by Crippen LogP contribution is 2.38. The van der Waals surface area contributed by atoms with Crippen LogP contribution in [0.5, 0.6) is 11.5 Å². The molecule has 2 aliphatic heterocycles. The van der Waals surface area contributed by atoms with Crippen molar-refractivity contribution in [1.29, 1.82) is 0 Å². The predicted octanol–water partition coefficient (Wildman–Crippen LogP) is 1.76. The van der Waals surface area contributed by atoms with Gasteiger partial charge < -0.3 is 18.8 Å². The largest absolute Gasteiger partial charge is 0.498 e. The minimum absolute atomic E-state index is 0.351. The van der Waals surface area contributed by atoms with Gasteiger partial charge in [0, 0.05) is 5.46 Å². The van der Waals surface area contributed by atoms with Crippen molar-refractivity contribution < 1.29 is 18.8 Å². The molecule has 1 aromatic carbocycles. The summed E-state index contributed by atoms with van der Waals surface area (Å²) in [6.07, 6.45) is 0. The lowest BCUT2D eigenvalue weighted by molar-refractivity contribution is 0.00578. The lowest BCUT2D eigenvalue weighted by atomic mass is 9.78. The Bertz CT molecular complexity index is 482. The fraction of sp³-hybridized carbons (Fsp3) is 0.571. The van der Waals surface area contributed by atoms with Crippen LogP contribution in [0.15, 0.2) is 18.2 Å². The van der Waals surface area contributed by atoms with Gasteiger partial charge in [-0.3, -0.25) is 0 Å². The van der Waals surface area contributed by atoms with Gasteiger partial charge in [-0.2, -0.15) is 0 Å². The van der Waals surface area contributed by atoms with E-state index in [0.717, 1.165) is 17.0 Å². The number of ether oxygens (including phenoxy) is 2. The van der Waals surface area contributed by atoms with E-state index in [-0.39, 0.29) is 11.2 Å². The van der Waals surface area contributed by atoms with Crippen LogP contribution < -0.4 is 14.9 Å². The summed E-state index contributed by atoms with van der Waals surface area (Å²) < 4.78 is 23.4. The van der Waals surface area contributed by atoms with Crippen LogP contribution in [0.25, 0.3) is 0 Å². The molecular formula is C14H19BO4. The van der Waals surface area contributed by atoms with E-state index in [2.05, 4.69) is 0 Å². The topological polar surface area (TPSA) is 36.9 Å². The Hall–Kier alpha value is -1.20. The van der Waals surface area contributed by atoms with Crippen molar-refractivity contribution in [3.8, 4) is 11.5 Å². The van der Waals surface area contributed by atoms with E-state index in [4.69, 9.17) is 18.8 Å². The Labute approximate surface area is 114 Å². The van der Waals surface area contributed by atoms with Crippen LogP contribution in [-0.4, -0.2) is 31.5 Å². The van der Waals surface area contributed by atoms with Crippen LogP contribution in [0.4, 0.5) is 0 Å². The first-order valence-corrected chi connectivity index (χ1v) is 6.65. The molecule has 0 saturated carbocycles. The molecule has 0 bridgehead atoms. The maximum Gasteiger partial charge on any atom is 0.498 e. The van der Waals surface area contributed by atoms with Crippen LogP contribution in [0.2, 0.25) is 0 Å². The predicted molar refractivity (Wildman–Crippen MR) is 73.1 cm³/mol. The quantitative estimate of drug-likeness (QED) is 0.722. The van der Waals surface area contributed by atoms with E-state index in [1.807, 2.05) is 45.9 Å². The number of hydrogen-bond acceptors (Lipinski definition) is 4. The maximum absolute atomic E-state index is 6.06. The average Bonchev–Trinajstić information content (AvgIpc) is 2.58. The fourth-order valence-electron chi connectivity index (χ4n) is 2.25. The minimum Gasteiger partial charge on any atom is -0.487 e. The Kier molecular flexibility index (Phi) is 2.80. The average molecular weight is 262 g/mol. The van der Waals surface area contributed by atoms with E-state index >= 15 is 0 Å². The lowest BCUT2D eigenvalue weighted by Gasteiger charge is -2.32. The van der Waals surface area contributed by atoms with Crippen molar-refractivity contribution in [2.75, 3.05) is 13.2 Å². The van der Waals surface area contributed by atoms with Crippen molar-refractivity contribution in [3.05, 3.63) is 18.2 Å². The molecule has 1 fully saturated rings. The molecule has 4 nitrogen and oxygen atoms in total. The van der Waals surface area contributed by atoms with Gasteiger partial charge in [0.1, 0.15) is 13.2 Å². The minimum atomic E-state index is -0.415. The first-order chi connectivity index (χ1) is 8.91. The second kappa shape index (κ2) is 4.15. The van der Waals surface area contributed by atoms with Gasteiger partial charge >= 0.3 is 7.12 Å². The fourth-order valence-corrected chi connectivity index (χ4v) is 2.25. The number of fused-ring (bicyclic) bond motifs is 1. The van der Waals surface area contributed by atoms with Gasteiger partial charge in [0.25, 0.3) is 0 Å². The third-order valence-corrected chi connectivity index (χ3v) is 4.10. The lowest BCUT2D eigenvalue weighted by Crippen LogP contribution is -2.41. The Morgan fingerprint density at radius 3 is 2.26 bits per heavy atom. The van der Waals surface area contributed by atoms with Gasteiger partial charge in [-0.1, -0.05) is 12.1 Å². The van der Waals surface area contributed by atoms with Gasteiger partial charge in [-0.05, 0) is 33.8 Å². The van der Waals surface area contributed by atoms with E-state index in [1.54, 1.807) is 0 Å². The maximum atomic E-state index is 6.06. The van der Waals surface area contributed by atoms with Gasteiger partial charge in [0.2, 0.25) is 0 Å². The molecule has 102 valence electrons. The number of benzene rings is 1. The monoisotopic (exact) mass is 262 g/mol. The number of hydrogen-bond donors (Lipinski definition) is 0. The van der Waals surface area contributed by atoms with Gasteiger partial charge in [0.05, 0.1) is 11.2 Å². The third kappa shape index (κ3) is 2.01. The van der Waals surface area contributed by atoms with Crippen LogP contribution >= 0.6 is 0 Å². The Morgan fingerprint density at radius 2 is 1.58 bits per heavy atom. The van der Waals surface area contributed by atoms with Gasteiger partial charge in [-0.15, -0.1) is 0 Å². The standard InChI is InChI=1S/C14H19BO4/c1-13(2)14(3,4)19-15(18-13)10-6-5-7-11-12(10)17-9-8-16-11/h5-7H,8-9H2,1-4H3. The smallest absolute Gasteiger partial charge is 0.487 e. The van der Waals surface area contributed by atoms with Crippen molar-refractivity contribution in [1.82, 2.24) is 0 Å². The van der Waals surface area contributed by atoms with E-state index in [1.165, 1.54) is 0 Å². The van der Waals surface area contributed by atoms with Crippen LogP contribution in [0.1, 0.15) is 27.7 Å². The second-order valence-corrected chi connectivity index (χ2v) is 5.96. The highest BCUT2D eigenvalue weighted by atomic mass is 16.7. The van der Waals surface area contributed by atoms with E-state index in [9.17, 15) is 0 Å². The molecule has 19 heavy (non-hydrogen) atoms. The summed E-state index contributed by atoms with van der Waals surface area (Å²) in [6.45, 7) is 9.31. The highest BCUT2D eigenvalue weighted by Gasteiger charge is 2.52. The molecule has 0 aromatic heterocycles. The summed E-state index contributed by atoms with van der Waals surface area (Å²) in [5.74, 6) is 1.51. The molecule has 5 heteroatoms. The third-order valence-electron chi connectivity index (χ3n) is 4.10.